The van der Waals surface area contributed by atoms with E-state index in [9.17, 15) is 4.79 Å². The van der Waals surface area contributed by atoms with E-state index in [4.69, 9.17) is 0 Å². The second-order valence-electron chi connectivity index (χ2n) is 5.81. The number of hydrogen-bond acceptors (Lipinski definition) is 1. The molecule has 0 fully saturated rings. The molecule has 1 atom stereocenters. The van der Waals surface area contributed by atoms with Crippen LogP contribution < -0.4 is 9.78 Å². The molecule has 0 aliphatic heterocycles. The molecule has 0 radical (unpaired) electrons. The Morgan fingerprint density at radius 3 is 2.27 bits per heavy atom. The van der Waals surface area contributed by atoms with Gasteiger partial charge in [-0.3, -0.25) is 0 Å². The summed E-state index contributed by atoms with van der Waals surface area (Å²) in [6.45, 7) is 6.36. The van der Waals surface area contributed by atoms with Crippen molar-refractivity contribution in [2.24, 2.45) is 5.92 Å². The topological polar surface area (TPSA) is 29.1 Å². The molecule has 2 rings (SSSR count). The summed E-state index contributed by atoms with van der Waals surface area (Å²) in [6.07, 6.45) is 0. The van der Waals surface area contributed by atoms with E-state index >= 15 is 0 Å². The van der Waals surface area contributed by atoms with Crippen LogP contribution in [0.3, 0.4) is 0 Å². The maximum atomic E-state index is 12.4. The van der Waals surface area contributed by atoms with Crippen molar-refractivity contribution in [3.8, 4) is 0 Å². The van der Waals surface area contributed by atoms with Crippen molar-refractivity contribution in [3.05, 3.63) is 65.7 Å². The van der Waals surface area contributed by atoms with E-state index in [-0.39, 0.29) is 11.9 Å². The molecule has 2 aromatic carbocycles. The van der Waals surface area contributed by atoms with Crippen LogP contribution in [-0.4, -0.2) is 26.9 Å². The molecule has 0 saturated carbocycles. The molecule has 0 bridgehead atoms. The van der Waals surface area contributed by atoms with Crippen molar-refractivity contribution in [1.82, 2.24) is 5.32 Å². The zero-order valence-electron chi connectivity index (χ0n) is 13.4. The summed E-state index contributed by atoms with van der Waals surface area (Å²) in [6, 6.07) is 18.5. The molecule has 1 amide bonds. The van der Waals surface area contributed by atoms with E-state index < -0.39 is 0 Å². The first-order valence-corrected chi connectivity index (χ1v) is 9.68. The molecule has 3 heteroatoms. The third-order valence-corrected chi connectivity index (χ3v) is 5.98. The van der Waals surface area contributed by atoms with E-state index in [1.54, 1.807) is 0 Å². The van der Waals surface area contributed by atoms with Gasteiger partial charge in [-0.05, 0) is 0 Å². The van der Waals surface area contributed by atoms with Crippen LogP contribution in [-0.2, 0) is 0 Å². The zero-order valence-corrected chi connectivity index (χ0v) is 15.1. The van der Waals surface area contributed by atoms with E-state index in [2.05, 4.69) is 43.4 Å². The Morgan fingerprint density at radius 1 is 1.05 bits per heavy atom. The van der Waals surface area contributed by atoms with Gasteiger partial charge in [-0.1, -0.05) is 0 Å². The van der Waals surface area contributed by atoms with E-state index in [0.29, 0.717) is 20.9 Å². The van der Waals surface area contributed by atoms with Crippen molar-refractivity contribution in [2.45, 2.75) is 32.1 Å². The van der Waals surface area contributed by atoms with Gasteiger partial charge in [0.25, 0.3) is 0 Å². The molecule has 2 nitrogen and oxygen atoms in total. The molecule has 116 valence electrons. The Hall–Kier alpha value is -1.57. The zero-order chi connectivity index (χ0) is 15.9. The summed E-state index contributed by atoms with van der Waals surface area (Å²) in [5, 5.41) is 4.22. The molecule has 0 aromatic heterocycles. The number of carbonyl (C=O) groups excluding carboxylic acids is 1. The van der Waals surface area contributed by atoms with Gasteiger partial charge in [-0.2, -0.15) is 0 Å². The van der Waals surface area contributed by atoms with Crippen molar-refractivity contribution < 1.29 is 4.79 Å². The van der Waals surface area contributed by atoms with Gasteiger partial charge in [0, 0.05) is 0 Å². The Labute approximate surface area is 139 Å². The molecule has 22 heavy (non-hydrogen) atoms. The van der Waals surface area contributed by atoms with Gasteiger partial charge in [0.05, 0.1) is 0 Å². The fourth-order valence-electron chi connectivity index (χ4n) is 2.06. The number of amides is 1. The SMILES string of the molecule is Cc1ccc(C(=O)N[C@H](C[Se]c2ccccc2)C(C)C)cc1. The van der Waals surface area contributed by atoms with Gasteiger partial charge in [0.15, 0.2) is 0 Å². The van der Waals surface area contributed by atoms with Crippen LogP contribution >= 0.6 is 0 Å². The Kier molecular flexibility index (Phi) is 6.23. The Morgan fingerprint density at radius 2 is 1.68 bits per heavy atom. The quantitative estimate of drug-likeness (QED) is 0.788. The maximum absolute atomic E-state index is 12.4. The average Bonchev–Trinajstić information content (AvgIpc) is 2.52. The van der Waals surface area contributed by atoms with Gasteiger partial charge < -0.3 is 0 Å². The van der Waals surface area contributed by atoms with Crippen LogP contribution in [0.2, 0.25) is 5.32 Å². The van der Waals surface area contributed by atoms with Gasteiger partial charge in [0.2, 0.25) is 0 Å². The van der Waals surface area contributed by atoms with Crippen LogP contribution in [0.25, 0.3) is 0 Å². The van der Waals surface area contributed by atoms with Crippen molar-refractivity contribution in [2.75, 3.05) is 0 Å². The molecule has 0 heterocycles. The summed E-state index contributed by atoms with van der Waals surface area (Å²) in [7, 11) is 0. The van der Waals surface area contributed by atoms with Gasteiger partial charge in [0.1, 0.15) is 0 Å². The van der Waals surface area contributed by atoms with Gasteiger partial charge >= 0.3 is 139 Å². The molecular formula is C19H23NOSe. The number of rotatable bonds is 6. The van der Waals surface area contributed by atoms with Crippen LogP contribution in [0.1, 0.15) is 29.8 Å². The molecule has 0 saturated heterocycles. The van der Waals surface area contributed by atoms with Crippen molar-refractivity contribution in [3.63, 3.8) is 0 Å². The summed E-state index contributed by atoms with van der Waals surface area (Å²) in [5.41, 5.74) is 1.91. The number of benzene rings is 2. The predicted molar refractivity (Wildman–Crippen MR) is 93.9 cm³/mol. The summed E-state index contributed by atoms with van der Waals surface area (Å²) < 4.78 is 1.38. The standard InChI is InChI=1S/C19H23NOSe/c1-14(2)18(13-22-17-7-5-4-6-8-17)20-19(21)16-11-9-15(3)10-12-16/h4-12,14,18H,13H2,1-3H3,(H,20,21)/t18-/m1/s1. The van der Waals surface area contributed by atoms with Crippen LogP contribution in [0, 0.1) is 12.8 Å². The first-order chi connectivity index (χ1) is 10.6. The van der Waals surface area contributed by atoms with Crippen LogP contribution in [0.4, 0.5) is 0 Å². The Bertz CT molecular complexity index is 593. The minimum atomic E-state index is 0.0301. The number of aryl methyl sites for hydroxylation is 1. The molecule has 1 N–H and O–H groups in total. The van der Waals surface area contributed by atoms with Gasteiger partial charge in [-0.15, -0.1) is 0 Å². The fraction of sp³-hybridized carbons (Fsp3) is 0.316. The van der Waals surface area contributed by atoms with Crippen LogP contribution in [0.15, 0.2) is 54.6 Å². The second kappa shape index (κ2) is 8.16. The molecular weight excluding hydrogens is 337 g/mol. The summed E-state index contributed by atoms with van der Waals surface area (Å²) >= 11 is 0.386. The van der Waals surface area contributed by atoms with E-state index in [0.717, 1.165) is 10.9 Å². The summed E-state index contributed by atoms with van der Waals surface area (Å²) in [5.74, 6) is 0.461. The third kappa shape index (κ3) is 5.01. The average molecular weight is 360 g/mol. The number of nitrogens with one attached hydrogen (secondary N) is 1. The van der Waals surface area contributed by atoms with E-state index in [1.807, 2.05) is 37.3 Å². The van der Waals surface area contributed by atoms with E-state index in [1.165, 1.54) is 10.0 Å². The monoisotopic (exact) mass is 361 g/mol. The molecule has 0 aliphatic carbocycles. The van der Waals surface area contributed by atoms with Gasteiger partial charge in [-0.25, -0.2) is 0 Å². The first kappa shape index (κ1) is 16.8. The predicted octanol–water partition coefficient (Wildman–Crippen LogP) is 3.20. The fourth-order valence-corrected chi connectivity index (χ4v) is 4.56. The number of carbonyl (C=O) groups is 1. The van der Waals surface area contributed by atoms with Crippen molar-refractivity contribution >= 4 is 25.3 Å². The molecule has 0 spiro atoms. The van der Waals surface area contributed by atoms with Crippen LogP contribution in [0.5, 0.6) is 0 Å². The Balaban J connectivity index is 1.96. The number of hydrogen-bond donors (Lipinski definition) is 1. The molecule has 0 unspecified atom stereocenters. The molecule has 0 aliphatic rings. The summed E-state index contributed by atoms with van der Waals surface area (Å²) in [4.78, 5) is 12.4. The van der Waals surface area contributed by atoms with Crippen molar-refractivity contribution in [1.29, 1.82) is 0 Å². The second-order valence-corrected chi connectivity index (χ2v) is 8.11. The first-order valence-electron chi connectivity index (χ1n) is 7.61. The molecule has 2 aromatic rings. The minimum absolute atomic E-state index is 0.0301. The third-order valence-electron chi connectivity index (χ3n) is 3.61. The normalized spacial score (nSPS) is 12.2.